The molecule has 2 aromatic rings. The van der Waals surface area contributed by atoms with Crippen molar-refractivity contribution in [1.29, 1.82) is 0 Å². The van der Waals surface area contributed by atoms with Gasteiger partial charge < -0.3 is 0 Å². The first kappa shape index (κ1) is 17.2. The van der Waals surface area contributed by atoms with Crippen molar-refractivity contribution in [3.05, 3.63) is 29.8 Å². The summed E-state index contributed by atoms with van der Waals surface area (Å²) in [6, 6.07) is 0.0560. The fourth-order valence-corrected chi connectivity index (χ4v) is 4.23. The number of aromatic nitrogens is 4. The van der Waals surface area contributed by atoms with E-state index in [1.54, 1.807) is 0 Å². The van der Waals surface area contributed by atoms with E-state index in [2.05, 4.69) is 33.3 Å². The molecule has 7 nitrogen and oxygen atoms in total. The van der Waals surface area contributed by atoms with Gasteiger partial charge in [-0.3, -0.25) is 14.7 Å². The third-order valence-electron chi connectivity index (χ3n) is 4.50. The fourth-order valence-electron chi connectivity index (χ4n) is 3.40. The smallest absolute Gasteiger partial charge is 0.178 e. The Hall–Kier alpha value is -1.67. The minimum atomic E-state index is -3.28. The number of H-pyrrole nitrogens is 1. The molecule has 1 atom stereocenters. The summed E-state index contributed by atoms with van der Waals surface area (Å²) in [5, 5.41) is 11.3. The minimum Gasteiger partial charge on any atom is -0.290 e. The molecule has 1 fully saturated rings. The molecule has 2 aromatic heterocycles. The van der Waals surface area contributed by atoms with Crippen LogP contribution in [0.2, 0.25) is 0 Å². The van der Waals surface area contributed by atoms with Gasteiger partial charge in [0.2, 0.25) is 0 Å². The first-order chi connectivity index (χ1) is 11.5. The zero-order valence-corrected chi connectivity index (χ0v) is 15.1. The zero-order chi connectivity index (χ0) is 17.2. The third-order valence-corrected chi connectivity index (χ3v) is 5.63. The number of nitrogens with one attached hydrogen (secondary N) is 1. The van der Waals surface area contributed by atoms with Crippen LogP contribution in [0.25, 0.3) is 0 Å². The minimum absolute atomic E-state index is 0.0560. The summed E-state index contributed by atoms with van der Waals surface area (Å²) >= 11 is 0. The largest absolute Gasteiger partial charge is 0.290 e. The van der Waals surface area contributed by atoms with E-state index in [4.69, 9.17) is 0 Å². The molecule has 8 heteroatoms. The summed E-state index contributed by atoms with van der Waals surface area (Å²) < 4.78 is 26.0. The van der Waals surface area contributed by atoms with Gasteiger partial charge in [0.1, 0.15) is 4.90 Å². The molecule has 1 aliphatic heterocycles. The van der Waals surface area contributed by atoms with E-state index in [9.17, 15) is 8.42 Å². The molecule has 0 bridgehead atoms. The molecule has 1 unspecified atom stereocenters. The van der Waals surface area contributed by atoms with Gasteiger partial charge in [0.25, 0.3) is 0 Å². The highest BCUT2D eigenvalue weighted by Crippen LogP contribution is 2.34. The summed E-state index contributed by atoms with van der Waals surface area (Å²) in [5.41, 5.74) is 1.88. The van der Waals surface area contributed by atoms with Crippen molar-refractivity contribution in [2.24, 2.45) is 0 Å². The van der Waals surface area contributed by atoms with Gasteiger partial charge in [-0.15, -0.1) is 0 Å². The number of sulfone groups is 1. The van der Waals surface area contributed by atoms with Crippen LogP contribution in [0.5, 0.6) is 0 Å². The SMILES string of the molecule is CCCn1cc(CN2CCCCC2c2[nH]ncc2S(C)(=O)=O)cn1. The highest BCUT2D eigenvalue weighted by atomic mass is 32.2. The van der Waals surface area contributed by atoms with Crippen LogP contribution in [-0.2, 0) is 22.9 Å². The van der Waals surface area contributed by atoms with Crippen LogP contribution in [0.1, 0.15) is 49.9 Å². The first-order valence-corrected chi connectivity index (χ1v) is 10.4. The molecule has 3 rings (SSSR count). The second-order valence-electron chi connectivity index (χ2n) is 6.51. The Kier molecular flexibility index (Phi) is 5.05. The highest BCUT2D eigenvalue weighted by molar-refractivity contribution is 7.90. The Balaban J connectivity index is 1.82. The molecule has 1 saturated heterocycles. The van der Waals surface area contributed by atoms with Crippen molar-refractivity contribution >= 4 is 9.84 Å². The molecule has 0 radical (unpaired) electrons. The van der Waals surface area contributed by atoms with Crippen LogP contribution in [0, 0.1) is 0 Å². The third kappa shape index (κ3) is 3.70. The van der Waals surface area contributed by atoms with E-state index in [-0.39, 0.29) is 6.04 Å². The Bertz CT molecular complexity index is 780. The molecule has 0 aromatic carbocycles. The zero-order valence-electron chi connectivity index (χ0n) is 14.3. The van der Waals surface area contributed by atoms with Gasteiger partial charge in [-0.05, 0) is 25.8 Å². The van der Waals surface area contributed by atoms with Crippen molar-refractivity contribution in [1.82, 2.24) is 24.9 Å². The average Bonchev–Trinajstić information content (AvgIpc) is 3.17. The maximum absolute atomic E-state index is 12.0. The van der Waals surface area contributed by atoms with Crippen molar-refractivity contribution in [2.45, 2.75) is 56.6 Å². The lowest BCUT2D eigenvalue weighted by molar-refractivity contribution is 0.135. The lowest BCUT2D eigenvalue weighted by atomic mass is 9.99. The number of rotatable bonds is 6. The van der Waals surface area contributed by atoms with E-state index >= 15 is 0 Å². The Morgan fingerprint density at radius 1 is 1.33 bits per heavy atom. The van der Waals surface area contributed by atoms with Gasteiger partial charge in [-0.1, -0.05) is 13.3 Å². The van der Waals surface area contributed by atoms with Crippen LogP contribution in [0.15, 0.2) is 23.5 Å². The number of nitrogens with zero attached hydrogens (tertiary/aromatic N) is 4. The summed E-state index contributed by atoms with van der Waals surface area (Å²) in [5.74, 6) is 0. The van der Waals surface area contributed by atoms with E-state index < -0.39 is 9.84 Å². The molecular formula is C16H25N5O2S. The van der Waals surface area contributed by atoms with Gasteiger partial charge in [0, 0.05) is 31.1 Å². The summed E-state index contributed by atoms with van der Waals surface area (Å²) in [7, 11) is -3.28. The number of hydrogen-bond donors (Lipinski definition) is 1. The normalized spacial score (nSPS) is 19.7. The summed E-state index contributed by atoms with van der Waals surface area (Å²) in [6.45, 7) is 4.78. The van der Waals surface area contributed by atoms with Crippen LogP contribution in [-0.4, -0.2) is 46.1 Å². The van der Waals surface area contributed by atoms with E-state index in [0.717, 1.165) is 56.6 Å². The number of aryl methyl sites for hydroxylation is 1. The van der Waals surface area contributed by atoms with Crippen molar-refractivity contribution in [3.63, 3.8) is 0 Å². The monoisotopic (exact) mass is 351 g/mol. The maximum Gasteiger partial charge on any atom is 0.178 e. The Labute approximate surface area is 143 Å². The van der Waals surface area contributed by atoms with Crippen molar-refractivity contribution in [3.8, 4) is 0 Å². The molecule has 0 aliphatic carbocycles. The van der Waals surface area contributed by atoms with Gasteiger partial charge in [0.05, 0.1) is 24.1 Å². The highest BCUT2D eigenvalue weighted by Gasteiger charge is 2.30. The van der Waals surface area contributed by atoms with E-state index in [1.165, 1.54) is 12.5 Å². The quantitative estimate of drug-likeness (QED) is 0.862. The van der Waals surface area contributed by atoms with E-state index in [1.807, 2.05) is 10.9 Å². The molecule has 24 heavy (non-hydrogen) atoms. The predicted octanol–water partition coefficient (Wildman–Crippen LogP) is 2.15. The van der Waals surface area contributed by atoms with Gasteiger partial charge >= 0.3 is 0 Å². The average molecular weight is 351 g/mol. The molecule has 132 valence electrons. The van der Waals surface area contributed by atoms with Crippen LogP contribution in [0.4, 0.5) is 0 Å². The number of likely N-dealkylation sites (tertiary alicyclic amines) is 1. The number of hydrogen-bond acceptors (Lipinski definition) is 5. The first-order valence-electron chi connectivity index (χ1n) is 8.47. The second kappa shape index (κ2) is 7.06. The summed E-state index contributed by atoms with van der Waals surface area (Å²) in [4.78, 5) is 2.65. The molecule has 1 N–H and O–H groups in total. The van der Waals surface area contributed by atoms with Gasteiger partial charge in [-0.25, -0.2) is 8.42 Å². The molecule has 3 heterocycles. The lowest BCUT2D eigenvalue weighted by Crippen LogP contribution is -2.33. The second-order valence-corrected chi connectivity index (χ2v) is 8.50. The number of aromatic amines is 1. The molecule has 0 spiro atoms. The Morgan fingerprint density at radius 2 is 2.17 bits per heavy atom. The maximum atomic E-state index is 12.0. The van der Waals surface area contributed by atoms with Gasteiger partial charge in [0.15, 0.2) is 9.84 Å². The Morgan fingerprint density at radius 3 is 2.92 bits per heavy atom. The fraction of sp³-hybridized carbons (Fsp3) is 0.625. The van der Waals surface area contributed by atoms with Crippen LogP contribution >= 0.6 is 0 Å². The van der Waals surface area contributed by atoms with Crippen LogP contribution < -0.4 is 0 Å². The topological polar surface area (TPSA) is 83.9 Å². The van der Waals surface area contributed by atoms with Crippen LogP contribution in [0.3, 0.4) is 0 Å². The molecule has 0 amide bonds. The van der Waals surface area contributed by atoms with Crippen molar-refractivity contribution in [2.75, 3.05) is 12.8 Å². The summed E-state index contributed by atoms with van der Waals surface area (Å²) in [6.07, 6.45) is 10.9. The standard InChI is InChI=1S/C16H25N5O2S/c1-3-7-21-12-13(9-18-21)11-20-8-5-4-6-14(20)16-15(10-17-19-16)24(2,22)23/h9-10,12,14H,3-8,11H2,1-2H3,(H,17,19). The lowest BCUT2D eigenvalue weighted by Gasteiger charge is -2.35. The molecule has 1 aliphatic rings. The molecular weight excluding hydrogens is 326 g/mol. The number of piperidine rings is 1. The predicted molar refractivity (Wildman–Crippen MR) is 91.2 cm³/mol. The van der Waals surface area contributed by atoms with E-state index in [0.29, 0.717) is 4.90 Å². The molecule has 0 saturated carbocycles. The van der Waals surface area contributed by atoms with Crippen molar-refractivity contribution < 1.29 is 8.42 Å². The van der Waals surface area contributed by atoms with Gasteiger partial charge in [-0.2, -0.15) is 10.2 Å².